The van der Waals surface area contributed by atoms with Gasteiger partial charge in [-0.05, 0) is 30.6 Å². The zero-order chi connectivity index (χ0) is 15.8. The Bertz CT molecular complexity index is 490. The van der Waals surface area contributed by atoms with Crippen molar-refractivity contribution < 1.29 is 14.2 Å². The number of rotatable bonds is 7. The van der Waals surface area contributed by atoms with Gasteiger partial charge >= 0.3 is 0 Å². The van der Waals surface area contributed by atoms with Crippen molar-refractivity contribution in [1.82, 2.24) is 4.90 Å². The molecule has 0 amide bonds. The van der Waals surface area contributed by atoms with E-state index in [1.165, 1.54) is 0 Å². The molecule has 0 atom stereocenters. The van der Waals surface area contributed by atoms with Gasteiger partial charge in [-0.1, -0.05) is 12.2 Å². The molecule has 22 heavy (non-hydrogen) atoms. The first-order valence-corrected chi connectivity index (χ1v) is 9.23. The van der Waals surface area contributed by atoms with Crippen molar-refractivity contribution >= 4 is 29.0 Å². The minimum atomic E-state index is 0.687. The van der Waals surface area contributed by atoms with Crippen LogP contribution in [0.4, 0.5) is 0 Å². The normalized spacial score (nSPS) is 14.7. The third-order valence-electron chi connectivity index (χ3n) is 3.47. The second-order valence-corrected chi connectivity index (χ2v) is 6.33. The van der Waals surface area contributed by atoms with Crippen LogP contribution in [-0.2, 0) is 4.74 Å². The second-order valence-electron chi connectivity index (χ2n) is 4.96. The predicted octanol–water partition coefficient (Wildman–Crippen LogP) is 2.83. The number of thioether (sulfide) groups is 1. The quantitative estimate of drug-likeness (QED) is 0.560. The lowest BCUT2D eigenvalue weighted by Crippen LogP contribution is -2.40. The smallest absolute Gasteiger partial charge is 0.133 e. The molecule has 4 nitrogen and oxygen atoms in total. The van der Waals surface area contributed by atoms with E-state index in [2.05, 4.69) is 11.2 Å². The monoisotopic (exact) mass is 341 g/mol. The minimum Gasteiger partial charge on any atom is -0.497 e. The van der Waals surface area contributed by atoms with Gasteiger partial charge in [0.25, 0.3) is 0 Å². The fraction of sp³-hybridized carbons (Fsp3) is 0.562. The highest BCUT2D eigenvalue weighted by Gasteiger charge is 2.19. The Hall–Kier alpha value is -0.980. The van der Waals surface area contributed by atoms with E-state index >= 15 is 0 Å². The Labute approximate surface area is 142 Å². The number of morpholine rings is 1. The first kappa shape index (κ1) is 17.4. The highest BCUT2D eigenvalue weighted by atomic mass is 32.2. The van der Waals surface area contributed by atoms with Crippen molar-refractivity contribution in [1.29, 1.82) is 0 Å². The van der Waals surface area contributed by atoms with Gasteiger partial charge in [0.05, 0.1) is 32.5 Å². The number of methoxy groups -OCH3 is 1. The van der Waals surface area contributed by atoms with E-state index in [9.17, 15) is 0 Å². The van der Waals surface area contributed by atoms with Crippen LogP contribution in [0.3, 0.4) is 0 Å². The van der Waals surface area contributed by atoms with Crippen molar-refractivity contribution in [3.05, 3.63) is 23.8 Å². The van der Waals surface area contributed by atoms with Gasteiger partial charge in [-0.25, -0.2) is 0 Å². The highest BCUT2D eigenvalue weighted by Crippen LogP contribution is 2.27. The molecule has 0 bridgehead atoms. The molecule has 0 N–H and O–H groups in total. The van der Waals surface area contributed by atoms with E-state index in [1.54, 1.807) is 7.11 Å². The molecule has 6 heteroatoms. The maximum absolute atomic E-state index is 5.95. The summed E-state index contributed by atoms with van der Waals surface area (Å²) in [5.41, 5.74) is 0.960. The average Bonchev–Trinajstić information content (AvgIpc) is 2.58. The van der Waals surface area contributed by atoms with E-state index in [1.807, 2.05) is 30.0 Å². The summed E-state index contributed by atoms with van der Waals surface area (Å²) in [6.07, 6.45) is 3.12. The molecular formula is C16H23NO3S2. The van der Waals surface area contributed by atoms with Crippen LogP contribution in [0.5, 0.6) is 11.5 Å². The molecule has 0 aromatic heterocycles. The van der Waals surface area contributed by atoms with Gasteiger partial charge in [-0.2, -0.15) is 11.8 Å². The van der Waals surface area contributed by atoms with Crippen molar-refractivity contribution in [2.24, 2.45) is 0 Å². The fourth-order valence-corrected chi connectivity index (χ4v) is 3.01. The largest absolute Gasteiger partial charge is 0.497 e. The molecule has 1 aliphatic heterocycles. The van der Waals surface area contributed by atoms with Crippen molar-refractivity contribution in [2.75, 3.05) is 52.0 Å². The second kappa shape index (κ2) is 9.22. The van der Waals surface area contributed by atoms with Gasteiger partial charge < -0.3 is 19.1 Å². The molecule has 0 spiro atoms. The topological polar surface area (TPSA) is 30.9 Å². The molecule has 1 aromatic rings. The SMILES string of the molecule is COc1ccc(C(=S)N2CCOCC2)c(OCCCSC)c1. The average molecular weight is 341 g/mol. The van der Waals surface area contributed by atoms with Gasteiger partial charge in [-0.3, -0.25) is 0 Å². The fourth-order valence-electron chi connectivity index (χ4n) is 2.25. The van der Waals surface area contributed by atoms with E-state index in [0.717, 1.165) is 60.5 Å². The lowest BCUT2D eigenvalue weighted by atomic mass is 10.1. The molecular weight excluding hydrogens is 318 g/mol. The summed E-state index contributed by atoms with van der Waals surface area (Å²) in [4.78, 5) is 3.00. The summed E-state index contributed by atoms with van der Waals surface area (Å²) in [6.45, 7) is 3.79. The summed E-state index contributed by atoms with van der Waals surface area (Å²) in [5.74, 6) is 2.68. The van der Waals surface area contributed by atoms with Crippen molar-refractivity contribution in [2.45, 2.75) is 6.42 Å². The van der Waals surface area contributed by atoms with E-state index in [4.69, 9.17) is 26.4 Å². The van der Waals surface area contributed by atoms with Gasteiger partial charge in [-0.15, -0.1) is 0 Å². The molecule has 0 unspecified atom stereocenters. The van der Waals surface area contributed by atoms with Crippen LogP contribution in [0.1, 0.15) is 12.0 Å². The Morgan fingerprint density at radius 3 is 2.82 bits per heavy atom. The van der Waals surface area contributed by atoms with Crippen LogP contribution >= 0.6 is 24.0 Å². The van der Waals surface area contributed by atoms with Crippen LogP contribution in [-0.4, -0.2) is 61.9 Å². The summed E-state index contributed by atoms with van der Waals surface area (Å²) >= 11 is 7.48. The third kappa shape index (κ3) is 4.76. The maximum atomic E-state index is 5.95. The lowest BCUT2D eigenvalue weighted by molar-refractivity contribution is 0.0692. The third-order valence-corrected chi connectivity index (χ3v) is 4.64. The first-order valence-electron chi connectivity index (χ1n) is 7.43. The number of hydrogen-bond donors (Lipinski definition) is 0. The Kier molecular flexibility index (Phi) is 7.29. The summed E-state index contributed by atoms with van der Waals surface area (Å²) in [5, 5.41) is 0. The van der Waals surface area contributed by atoms with Crippen LogP contribution in [0.25, 0.3) is 0 Å². The molecule has 0 radical (unpaired) electrons. The summed E-state index contributed by atoms with van der Waals surface area (Å²) in [7, 11) is 1.66. The summed E-state index contributed by atoms with van der Waals surface area (Å²) < 4.78 is 16.6. The first-order chi connectivity index (χ1) is 10.8. The molecule has 122 valence electrons. The number of hydrogen-bond acceptors (Lipinski definition) is 5. The molecule has 0 saturated carbocycles. The molecule has 0 aliphatic carbocycles. The molecule has 1 fully saturated rings. The zero-order valence-corrected chi connectivity index (χ0v) is 14.8. The predicted molar refractivity (Wildman–Crippen MR) is 95.6 cm³/mol. The van der Waals surface area contributed by atoms with Crippen LogP contribution < -0.4 is 9.47 Å². The highest BCUT2D eigenvalue weighted by molar-refractivity contribution is 7.98. The number of benzene rings is 1. The van der Waals surface area contributed by atoms with E-state index in [-0.39, 0.29) is 0 Å². The van der Waals surface area contributed by atoms with E-state index in [0.29, 0.717) is 6.61 Å². The lowest BCUT2D eigenvalue weighted by Gasteiger charge is -2.30. The molecule has 1 aromatic carbocycles. The number of nitrogens with zero attached hydrogens (tertiary/aromatic N) is 1. The van der Waals surface area contributed by atoms with Crippen LogP contribution in [0.15, 0.2) is 18.2 Å². The van der Waals surface area contributed by atoms with Crippen LogP contribution in [0, 0.1) is 0 Å². The van der Waals surface area contributed by atoms with Crippen molar-refractivity contribution in [3.8, 4) is 11.5 Å². The molecule has 2 rings (SSSR count). The number of thiocarbonyl (C=S) groups is 1. The Morgan fingerprint density at radius 1 is 1.36 bits per heavy atom. The Balaban J connectivity index is 2.11. The molecule has 1 heterocycles. The molecule has 1 aliphatic rings. The molecule has 1 saturated heterocycles. The van der Waals surface area contributed by atoms with Gasteiger partial charge in [0.15, 0.2) is 0 Å². The van der Waals surface area contributed by atoms with E-state index < -0.39 is 0 Å². The zero-order valence-electron chi connectivity index (χ0n) is 13.2. The van der Waals surface area contributed by atoms with Gasteiger partial charge in [0, 0.05) is 19.2 Å². The van der Waals surface area contributed by atoms with Gasteiger partial charge in [0.1, 0.15) is 16.5 Å². The van der Waals surface area contributed by atoms with Crippen molar-refractivity contribution in [3.63, 3.8) is 0 Å². The standard InChI is InChI=1S/C16H23NO3S2/c1-18-13-4-5-14(15(12-13)20-8-3-11-22-2)16(21)17-6-9-19-10-7-17/h4-5,12H,3,6-11H2,1-2H3. The van der Waals surface area contributed by atoms with Crippen LogP contribution in [0.2, 0.25) is 0 Å². The minimum absolute atomic E-state index is 0.687. The van der Waals surface area contributed by atoms with Gasteiger partial charge in [0.2, 0.25) is 0 Å². The number of ether oxygens (including phenoxy) is 3. The Morgan fingerprint density at radius 2 is 2.14 bits per heavy atom. The summed E-state index contributed by atoms with van der Waals surface area (Å²) in [6, 6.07) is 5.83. The maximum Gasteiger partial charge on any atom is 0.133 e.